The lowest BCUT2D eigenvalue weighted by atomic mass is 10.0. The van der Waals surface area contributed by atoms with Crippen LogP contribution in [-0.2, 0) is 0 Å². The van der Waals surface area contributed by atoms with Gasteiger partial charge in [0.1, 0.15) is 0 Å². The van der Waals surface area contributed by atoms with E-state index in [0.717, 1.165) is 11.1 Å². The third-order valence-corrected chi connectivity index (χ3v) is 3.82. The van der Waals surface area contributed by atoms with Crippen molar-refractivity contribution in [3.8, 4) is 11.3 Å². The molecule has 3 nitrogen and oxygen atoms in total. The Hall–Kier alpha value is -2.20. The minimum Gasteiger partial charge on any atom is -0.387 e. The van der Waals surface area contributed by atoms with Crippen molar-refractivity contribution in [2.75, 3.05) is 0 Å². The summed E-state index contributed by atoms with van der Waals surface area (Å²) in [4.78, 5) is 4.40. The Morgan fingerprint density at radius 2 is 1.95 bits per heavy atom. The number of pyridine rings is 1. The molecule has 2 aromatic heterocycles. The largest absolute Gasteiger partial charge is 0.387 e. The molecule has 0 spiro atoms. The minimum atomic E-state index is -0.738. The molecule has 3 rings (SSSR count). The maximum Gasteiger partial charge on any atom is 0.174 e. The van der Waals surface area contributed by atoms with Crippen LogP contribution in [0.5, 0.6) is 0 Å². The zero-order valence-corrected chi connectivity index (χ0v) is 12.3. The van der Waals surface area contributed by atoms with E-state index in [1.54, 1.807) is 23.6 Å². The number of aryl methyl sites for hydroxylation is 2. The molecule has 1 atom stereocenters. The standard InChI is InChI=1S/C17H17FN2O/c1-10-6-7-13(9-11(10)2)15-16(12(3)21)20-8-4-5-14(18)17(20)19-15/h4-9,12,21H,1-3H3. The number of fused-ring (bicyclic) bond motifs is 1. The predicted octanol–water partition coefficient (Wildman–Crippen LogP) is 3.81. The van der Waals surface area contributed by atoms with Crippen molar-refractivity contribution in [2.24, 2.45) is 0 Å². The van der Waals surface area contributed by atoms with Gasteiger partial charge in [-0.1, -0.05) is 12.1 Å². The average Bonchev–Trinajstić information content (AvgIpc) is 2.83. The van der Waals surface area contributed by atoms with Gasteiger partial charge in [-0.3, -0.25) is 4.40 Å². The highest BCUT2D eigenvalue weighted by Gasteiger charge is 2.19. The fraction of sp³-hybridized carbons (Fsp3) is 0.235. The molecule has 0 aliphatic heterocycles. The van der Waals surface area contributed by atoms with E-state index in [1.165, 1.54) is 11.6 Å². The molecule has 0 radical (unpaired) electrons. The van der Waals surface area contributed by atoms with Crippen molar-refractivity contribution in [1.29, 1.82) is 0 Å². The molecule has 0 saturated heterocycles. The molecule has 21 heavy (non-hydrogen) atoms. The van der Waals surface area contributed by atoms with Gasteiger partial charge in [0.05, 0.1) is 17.5 Å². The number of hydrogen-bond donors (Lipinski definition) is 1. The second-order valence-electron chi connectivity index (χ2n) is 5.37. The number of halogens is 1. The molecule has 0 saturated carbocycles. The Bertz CT molecular complexity index is 821. The molecule has 4 heteroatoms. The van der Waals surface area contributed by atoms with Gasteiger partial charge in [-0.15, -0.1) is 0 Å². The van der Waals surface area contributed by atoms with Crippen LogP contribution in [0.1, 0.15) is 29.8 Å². The zero-order chi connectivity index (χ0) is 15.1. The third kappa shape index (κ3) is 2.21. The van der Waals surface area contributed by atoms with E-state index in [9.17, 15) is 9.50 Å². The number of benzene rings is 1. The highest BCUT2D eigenvalue weighted by atomic mass is 19.1. The van der Waals surface area contributed by atoms with Crippen LogP contribution < -0.4 is 0 Å². The van der Waals surface area contributed by atoms with Crippen molar-refractivity contribution in [2.45, 2.75) is 26.9 Å². The van der Waals surface area contributed by atoms with Gasteiger partial charge in [-0.2, -0.15) is 0 Å². The number of rotatable bonds is 2. The van der Waals surface area contributed by atoms with Gasteiger partial charge in [0.25, 0.3) is 0 Å². The molecule has 0 aliphatic rings. The fourth-order valence-electron chi connectivity index (χ4n) is 2.55. The lowest BCUT2D eigenvalue weighted by Gasteiger charge is -2.09. The Labute approximate surface area is 122 Å². The van der Waals surface area contributed by atoms with Crippen molar-refractivity contribution in [3.63, 3.8) is 0 Å². The SMILES string of the molecule is Cc1ccc(-c2nc3c(F)cccn3c2C(C)O)cc1C. The van der Waals surface area contributed by atoms with E-state index in [2.05, 4.69) is 4.98 Å². The Kier molecular flexibility index (Phi) is 3.26. The smallest absolute Gasteiger partial charge is 0.174 e. The van der Waals surface area contributed by atoms with Gasteiger partial charge in [0.2, 0.25) is 0 Å². The van der Waals surface area contributed by atoms with E-state index >= 15 is 0 Å². The summed E-state index contributed by atoms with van der Waals surface area (Å²) in [7, 11) is 0. The number of aliphatic hydroxyl groups is 1. The first-order valence-corrected chi connectivity index (χ1v) is 6.91. The maximum atomic E-state index is 13.9. The molecule has 1 N–H and O–H groups in total. The van der Waals surface area contributed by atoms with Crippen LogP contribution in [0.15, 0.2) is 36.5 Å². The summed E-state index contributed by atoms with van der Waals surface area (Å²) in [5, 5.41) is 10.1. The van der Waals surface area contributed by atoms with Crippen molar-refractivity contribution in [3.05, 3.63) is 59.2 Å². The molecular weight excluding hydrogens is 267 g/mol. The first-order valence-electron chi connectivity index (χ1n) is 6.91. The fourth-order valence-corrected chi connectivity index (χ4v) is 2.55. The number of hydrogen-bond acceptors (Lipinski definition) is 2. The van der Waals surface area contributed by atoms with Gasteiger partial charge in [0, 0.05) is 11.8 Å². The average molecular weight is 284 g/mol. The number of imidazole rings is 1. The van der Waals surface area contributed by atoms with Crippen LogP contribution in [-0.4, -0.2) is 14.5 Å². The molecule has 0 bridgehead atoms. The van der Waals surface area contributed by atoms with Crippen LogP contribution >= 0.6 is 0 Å². The quantitative estimate of drug-likeness (QED) is 0.777. The van der Waals surface area contributed by atoms with Crippen LogP contribution in [0, 0.1) is 19.7 Å². The van der Waals surface area contributed by atoms with Crippen LogP contribution in [0.2, 0.25) is 0 Å². The van der Waals surface area contributed by atoms with E-state index in [-0.39, 0.29) is 5.65 Å². The summed E-state index contributed by atoms with van der Waals surface area (Å²) in [6.45, 7) is 5.73. The molecule has 0 aliphatic carbocycles. The maximum absolute atomic E-state index is 13.9. The first kappa shape index (κ1) is 13.8. The number of nitrogens with zero attached hydrogens (tertiary/aromatic N) is 2. The lowest BCUT2D eigenvalue weighted by molar-refractivity contribution is 0.194. The molecule has 3 aromatic rings. The first-order chi connectivity index (χ1) is 9.99. The predicted molar refractivity (Wildman–Crippen MR) is 80.7 cm³/mol. The van der Waals surface area contributed by atoms with Crippen LogP contribution in [0.4, 0.5) is 4.39 Å². The topological polar surface area (TPSA) is 37.5 Å². The molecule has 1 unspecified atom stereocenters. The normalized spacial score (nSPS) is 12.8. The van der Waals surface area contributed by atoms with Gasteiger partial charge in [0.15, 0.2) is 11.5 Å². The van der Waals surface area contributed by atoms with E-state index in [0.29, 0.717) is 11.4 Å². The summed E-state index contributed by atoms with van der Waals surface area (Å²) in [5.74, 6) is -0.394. The zero-order valence-electron chi connectivity index (χ0n) is 12.3. The number of aromatic nitrogens is 2. The van der Waals surface area contributed by atoms with Crippen LogP contribution in [0.25, 0.3) is 16.9 Å². The van der Waals surface area contributed by atoms with Gasteiger partial charge in [-0.25, -0.2) is 9.37 Å². The van der Waals surface area contributed by atoms with Crippen molar-refractivity contribution < 1.29 is 9.50 Å². The lowest BCUT2D eigenvalue weighted by Crippen LogP contribution is -2.00. The molecule has 0 fully saturated rings. The van der Waals surface area contributed by atoms with E-state index in [1.807, 2.05) is 32.0 Å². The molecule has 108 valence electrons. The summed E-state index contributed by atoms with van der Waals surface area (Å²) < 4.78 is 15.6. The molecule has 0 amide bonds. The van der Waals surface area contributed by atoms with Crippen LogP contribution in [0.3, 0.4) is 0 Å². The number of aliphatic hydroxyl groups excluding tert-OH is 1. The van der Waals surface area contributed by atoms with E-state index in [4.69, 9.17) is 0 Å². The summed E-state index contributed by atoms with van der Waals surface area (Å²) >= 11 is 0. The highest BCUT2D eigenvalue weighted by Crippen LogP contribution is 2.30. The Morgan fingerprint density at radius 1 is 1.19 bits per heavy atom. The second-order valence-corrected chi connectivity index (χ2v) is 5.37. The van der Waals surface area contributed by atoms with Gasteiger partial charge in [-0.05, 0) is 50.1 Å². The minimum absolute atomic E-state index is 0.238. The second kappa shape index (κ2) is 4.97. The van der Waals surface area contributed by atoms with E-state index < -0.39 is 11.9 Å². The van der Waals surface area contributed by atoms with Gasteiger partial charge >= 0.3 is 0 Å². The monoisotopic (exact) mass is 284 g/mol. The molecular formula is C17H17FN2O. The van der Waals surface area contributed by atoms with Gasteiger partial charge < -0.3 is 5.11 Å². The molecule has 2 heterocycles. The summed E-state index contributed by atoms with van der Waals surface area (Å²) in [5.41, 5.74) is 4.68. The molecule has 1 aromatic carbocycles. The summed E-state index contributed by atoms with van der Waals surface area (Å²) in [6.07, 6.45) is 0.983. The van der Waals surface area contributed by atoms with Crippen molar-refractivity contribution in [1.82, 2.24) is 9.38 Å². The summed E-state index contributed by atoms with van der Waals surface area (Å²) in [6, 6.07) is 8.96. The highest BCUT2D eigenvalue weighted by molar-refractivity contribution is 5.68. The van der Waals surface area contributed by atoms with Crippen molar-refractivity contribution >= 4 is 5.65 Å². The Morgan fingerprint density at radius 3 is 2.62 bits per heavy atom. The Balaban J connectivity index is 2.33. The third-order valence-electron chi connectivity index (χ3n) is 3.82.